The summed E-state index contributed by atoms with van der Waals surface area (Å²) in [5.74, 6) is 2.50. The van der Waals surface area contributed by atoms with Crippen molar-refractivity contribution in [3.63, 3.8) is 0 Å². The minimum Gasteiger partial charge on any atom is -0.352 e. The van der Waals surface area contributed by atoms with Gasteiger partial charge in [0.25, 0.3) is 5.91 Å². The first-order valence-electron chi connectivity index (χ1n) is 7.52. The van der Waals surface area contributed by atoms with E-state index in [1.54, 1.807) is 6.20 Å². The molecule has 20 heavy (non-hydrogen) atoms. The highest BCUT2D eigenvalue weighted by molar-refractivity contribution is 5.97. The molecular weight excluding hydrogens is 250 g/mol. The van der Waals surface area contributed by atoms with Crippen molar-refractivity contribution >= 4 is 16.8 Å². The first kappa shape index (κ1) is 11.9. The number of nitrogens with one attached hydrogen (secondary N) is 2. The maximum absolute atomic E-state index is 12.3. The van der Waals surface area contributed by atoms with Crippen molar-refractivity contribution in [2.75, 3.05) is 6.54 Å². The van der Waals surface area contributed by atoms with Crippen LogP contribution in [-0.4, -0.2) is 22.6 Å². The molecule has 2 N–H and O–H groups in total. The van der Waals surface area contributed by atoms with Crippen LogP contribution in [0.1, 0.15) is 36.0 Å². The summed E-state index contributed by atoms with van der Waals surface area (Å²) in [6, 6.07) is 5.68. The van der Waals surface area contributed by atoms with Crippen molar-refractivity contribution in [2.24, 2.45) is 17.8 Å². The zero-order valence-electron chi connectivity index (χ0n) is 11.4. The largest absolute Gasteiger partial charge is 0.352 e. The zero-order valence-corrected chi connectivity index (χ0v) is 11.4. The van der Waals surface area contributed by atoms with Crippen LogP contribution in [-0.2, 0) is 0 Å². The molecule has 2 fully saturated rings. The van der Waals surface area contributed by atoms with Crippen LogP contribution in [0.15, 0.2) is 24.4 Å². The lowest BCUT2D eigenvalue weighted by molar-refractivity contribution is 0.0943. The predicted molar refractivity (Wildman–Crippen MR) is 77.4 cm³/mol. The van der Waals surface area contributed by atoms with Gasteiger partial charge in [-0.2, -0.15) is 5.10 Å². The number of carbonyl (C=O) groups is 1. The van der Waals surface area contributed by atoms with Gasteiger partial charge in [0.15, 0.2) is 0 Å². The maximum Gasteiger partial charge on any atom is 0.251 e. The quantitative estimate of drug-likeness (QED) is 0.877. The molecule has 104 valence electrons. The second-order valence-corrected chi connectivity index (χ2v) is 6.22. The number of fused-ring (bicyclic) bond motifs is 1. The van der Waals surface area contributed by atoms with Gasteiger partial charge in [-0.1, -0.05) is 6.07 Å². The van der Waals surface area contributed by atoms with Crippen molar-refractivity contribution in [3.8, 4) is 0 Å². The average molecular weight is 269 g/mol. The second kappa shape index (κ2) is 4.62. The van der Waals surface area contributed by atoms with Crippen LogP contribution >= 0.6 is 0 Å². The molecule has 0 bridgehead atoms. The number of nitrogens with zero attached hydrogens (tertiary/aromatic N) is 1. The van der Waals surface area contributed by atoms with Gasteiger partial charge in [0, 0.05) is 17.5 Å². The topological polar surface area (TPSA) is 57.8 Å². The van der Waals surface area contributed by atoms with Crippen molar-refractivity contribution in [1.29, 1.82) is 0 Å². The molecule has 2 saturated carbocycles. The Morgan fingerprint density at radius 3 is 2.75 bits per heavy atom. The molecule has 4 nitrogen and oxygen atoms in total. The molecule has 1 amide bonds. The van der Waals surface area contributed by atoms with E-state index < -0.39 is 0 Å². The molecule has 2 aromatic rings. The van der Waals surface area contributed by atoms with Gasteiger partial charge < -0.3 is 5.32 Å². The van der Waals surface area contributed by atoms with Gasteiger partial charge in [-0.05, 0) is 55.6 Å². The Morgan fingerprint density at radius 1 is 1.30 bits per heavy atom. The Bertz CT molecular complexity index is 628. The summed E-state index contributed by atoms with van der Waals surface area (Å²) < 4.78 is 0. The van der Waals surface area contributed by atoms with E-state index in [9.17, 15) is 4.79 Å². The lowest BCUT2D eigenvalue weighted by atomic mass is 9.98. The van der Waals surface area contributed by atoms with Gasteiger partial charge in [0.2, 0.25) is 0 Å². The Balaban J connectivity index is 1.43. The van der Waals surface area contributed by atoms with Crippen LogP contribution in [0.25, 0.3) is 10.9 Å². The van der Waals surface area contributed by atoms with E-state index in [0.717, 1.165) is 35.2 Å². The predicted octanol–water partition coefficient (Wildman–Crippen LogP) is 2.73. The Labute approximate surface area is 117 Å². The van der Waals surface area contributed by atoms with Crippen LogP contribution in [0.2, 0.25) is 0 Å². The van der Waals surface area contributed by atoms with E-state index in [0.29, 0.717) is 5.56 Å². The van der Waals surface area contributed by atoms with Crippen LogP contribution in [0.5, 0.6) is 0 Å². The van der Waals surface area contributed by atoms with Gasteiger partial charge in [-0.15, -0.1) is 0 Å². The van der Waals surface area contributed by atoms with Gasteiger partial charge in [0.1, 0.15) is 0 Å². The third-order valence-electron chi connectivity index (χ3n) is 4.66. The second-order valence-electron chi connectivity index (χ2n) is 6.22. The number of H-pyrrole nitrogens is 1. The van der Waals surface area contributed by atoms with Crippen LogP contribution < -0.4 is 5.32 Å². The highest BCUT2D eigenvalue weighted by Crippen LogP contribution is 2.48. The van der Waals surface area contributed by atoms with E-state index >= 15 is 0 Å². The van der Waals surface area contributed by atoms with Gasteiger partial charge in [-0.25, -0.2) is 0 Å². The number of benzene rings is 1. The van der Waals surface area contributed by atoms with E-state index in [1.807, 2.05) is 18.2 Å². The normalized spacial score (nSPS) is 18.6. The van der Waals surface area contributed by atoms with Gasteiger partial charge >= 0.3 is 0 Å². The average Bonchev–Trinajstić information content (AvgIpc) is 3.38. The number of carbonyl (C=O) groups excluding carboxylic acids is 1. The monoisotopic (exact) mass is 269 g/mol. The number of hydrogen-bond acceptors (Lipinski definition) is 2. The van der Waals surface area contributed by atoms with E-state index in [4.69, 9.17) is 0 Å². The molecule has 0 saturated heterocycles. The minimum atomic E-state index is 0.0350. The molecule has 0 radical (unpaired) electrons. The molecule has 2 aliphatic carbocycles. The van der Waals surface area contributed by atoms with Crippen molar-refractivity contribution in [1.82, 2.24) is 15.5 Å². The molecule has 0 spiro atoms. The van der Waals surface area contributed by atoms with Crippen LogP contribution in [0.3, 0.4) is 0 Å². The summed E-state index contributed by atoms with van der Waals surface area (Å²) in [6.07, 6.45) is 7.20. The number of hydrogen-bond donors (Lipinski definition) is 2. The molecule has 1 aromatic carbocycles. The smallest absolute Gasteiger partial charge is 0.251 e. The molecule has 0 unspecified atom stereocenters. The first-order valence-corrected chi connectivity index (χ1v) is 7.52. The third kappa shape index (κ3) is 2.30. The van der Waals surface area contributed by atoms with Crippen LogP contribution in [0, 0.1) is 17.8 Å². The maximum atomic E-state index is 12.3. The van der Waals surface area contributed by atoms with Crippen molar-refractivity contribution in [2.45, 2.75) is 25.7 Å². The van der Waals surface area contributed by atoms with E-state index in [1.165, 1.54) is 25.7 Å². The fraction of sp³-hybridized carbons (Fsp3) is 0.500. The fourth-order valence-electron chi connectivity index (χ4n) is 3.16. The Morgan fingerprint density at radius 2 is 2.05 bits per heavy atom. The Hall–Kier alpha value is -1.84. The summed E-state index contributed by atoms with van der Waals surface area (Å²) in [7, 11) is 0. The first-order chi connectivity index (χ1) is 9.81. The lowest BCUT2D eigenvalue weighted by Crippen LogP contribution is -2.31. The summed E-state index contributed by atoms with van der Waals surface area (Å²) in [5, 5.41) is 11.1. The Kier molecular flexibility index (Phi) is 2.76. The summed E-state index contributed by atoms with van der Waals surface area (Å²) >= 11 is 0. The fourth-order valence-corrected chi connectivity index (χ4v) is 3.16. The van der Waals surface area contributed by atoms with E-state index in [2.05, 4.69) is 15.5 Å². The summed E-state index contributed by atoms with van der Waals surface area (Å²) in [5.41, 5.74) is 1.63. The third-order valence-corrected chi connectivity index (χ3v) is 4.66. The highest BCUT2D eigenvalue weighted by atomic mass is 16.1. The van der Waals surface area contributed by atoms with Crippen molar-refractivity contribution in [3.05, 3.63) is 30.0 Å². The highest BCUT2D eigenvalue weighted by Gasteiger charge is 2.41. The minimum absolute atomic E-state index is 0.0350. The number of aromatic nitrogens is 2. The molecule has 0 aliphatic heterocycles. The summed E-state index contributed by atoms with van der Waals surface area (Å²) in [6.45, 7) is 0.842. The number of rotatable bonds is 5. The molecule has 0 atom stereocenters. The van der Waals surface area contributed by atoms with Gasteiger partial charge in [-0.3, -0.25) is 9.89 Å². The van der Waals surface area contributed by atoms with Crippen molar-refractivity contribution < 1.29 is 4.79 Å². The van der Waals surface area contributed by atoms with E-state index in [-0.39, 0.29) is 5.91 Å². The molecular formula is C16H19N3O. The van der Waals surface area contributed by atoms with Gasteiger partial charge in [0.05, 0.1) is 11.7 Å². The van der Waals surface area contributed by atoms with Crippen LogP contribution in [0.4, 0.5) is 0 Å². The molecule has 4 heteroatoms. The molecule has 1 aromatic heterocycles. The molecule has 1 heterocycles. The molecule has 2 aliphatic rings. The number of amides is 1. The SMILES string of the molecule is O=C(NCC(C1CC1)C1CC1)c1ccc2cn[nH]c2c1. The molecule has 4 rings (SSSR count). The number of aromatic amines is 1. The zero-order chi connectivity index (χ0) is 13.5. The lowest BCUT2D eigenvalue weighted by Gasteiger charge is -2.16. The summed E-state index contributed by atoms with van der Waals surface area (Å²) in [4.78, 5) is 12.3. The standard InChI is InChI=1S/C16H19N3O/c20-16(12-5-6-13-8-18-19-15(13)7-12)17-9-14(10-1-2-10)11-3-4-11/h5-8,10-11,14H,1-4,9H2,(H,17,20)(H,18,19).